The highest BCUT2D eigenvalue weighted by molar-refractivity contribution is 5.98. The summed E-state index contributed by atoms with van der Waals surface area (Å²) in [7, 11) is 0. The first kappa shape index (κ1) is 11.7. The Hall–Kier alpha value is -1.81. The number of benzene rings is 1. The Bertz CT molecular complexity index is 510. The molecular formula is C13H16N2O2. The molecule has 1 aromatic heterocycles. The van der Waals surface area contributed by atoms with Crippen molar-refractivity contribution in [3.8, 4) is 0 Å². The van der Waals surface area contributed by atoms with E-state index >= 15 is 0 Å². The van der Waals surface area contributed by atoms with Crippen molar-refractivity contribution >= 4 is 16.8 Å². The van der Waals surface area contributed by atoms with Gasteiger partial charge in [0, 0.05) is 10.9 Å². The van der Waals surface area contributed by atoms with Crippen molar-refractivity contribution in [2.24, 2.45) is 0 Å². The quantitative estimate of drug-likeness (QED) is 0.753. The maximum Gasteiger partial charge on any atom is 0.268 e. The lowest BCUT2D eigenvalue weighted by Gasteiger charge is -2.22. The molecule has 17 heavy (non-hydrogen) atoms. The number of hydrogen-bond acceptors (Lipinski definition) is 2. The van der Waals surface area contributed by atoms with Crippen LogP contribution in [-0.4, -0.2) is 28.1 Å². The summed E-state index contributed by atoms with van der Waals surface area (Å²) in [5, 5.41) is 12.9. The Kier molecular flexibility index (Phi) is 2.90. The van der Waals surface area contributed by atoms with Gasteiger partial charge in [0.05, 0.1) is 12.1 Å². The third kappa shape index (κ3) is 2.47. The van der Waals surface area contributed by atoms with Crippen LogP contribution in [-0.2, 0) is 0 Å². The Morgan fingerprint density at radius 1 is 1.41 bits per heavy atom. The molecule has 2 rings (SSSR count). The summed E-state index contributed by atoms with van der Waals surface area (Å²) in [6, 6.07) is 9.51. The minimum Gasteiger partial charge on any atom is -0.394 e. The van der Waals surface area contributed by atoms with Crippen molar-refractivity contribution in [3.05, 3.63) is 36.0 Å². The first-order valence-corrected chi connectivity index (χ1v) is 5.53. The van der Waals surface area contributed by atoms with Gasteiger partial charge < -0.3 is 15.4 Å². The fourth-order valence-electron chi connectivity index (χ4n) is 1.61. The summed E-state index contributed by atoms with van der Waals surface area (Å²) in [6.07, 6.45) is 0. The zero-order valence-electron chi connectivity index (χ0n) is 9.95. The van der Waals surface area contributed by atoms with E-state index < -0.39 is 5.54 Å². The molecule has 0 fully saturated rings. The zero-order chi connectivity index (χ0) is 12.5. The van der Waals surface area contributed by atoms with E-state index in [2.05, 4.69) is 10.3 Å². The first-order valence-electron chi connectivity index (χ1n) is 5.53. The van der Waals surface area contributed by atoms with Gasteiger partial charge in [-0.25, -0.2) is 0 Å². The van der Waals surface area contributed by atoms with Gasteiger partial charge in [-0.1, -0.05) is 18.2 Å². The van der Waals surface area contributed by atoms with E-state index in [4.69, 9.17) is 5.11 Å². The van der Waals surface area contributed by atoms with E-state index in [0.717, 1.165) is 10.9 Å². The molecule has 90 valence electrons. The van der Waals surface area contributed by atoms with Crippen molar-refractivity contribution in [1.82, 2.24) is 10.3 Å². The van der Waals surface area contributed by atoms with Gasteiger partial charge in [0.1, 0.15) is 5.69 Å². The molecule has 3 N–H and O–H groups in total. The number of fused-ring (bicyclic) bond motifs is 1. The number of carbonyl (C=O) groups excluding carboxylic acids is 1. The van der Waals surface area contributed by atoms with Crippen molar-refractivity contribution in [2.75, 3.05) is 6.61 Å². The molecule has 0 atom stereocenters. The van der Waals surface area contributed by atoms with Crippen LogP contribution in [0.2, 0.25) is 0 Å². The second kappa shape index (κ2) is 4.22. The summed E-state index contributed by atoms with van der Waals surface area (Å²) in [5.74, 6) is -0.208. The summed E-state index contributed by atoms with van der Waals surface area (Å²) < 4.78 is 0. The number of hydrogen-bond donors (Lipinski definition) is 3. The average Bonchev–Trinajstić information content (AvgIpc) is 2.72. The van der Waals surface area contributed by atoms with E-state index in [-0.39, 0.29) is 12.5 Å². The van der Waals surface area contributed by atoms with Crippen molar-refractivity contribution in [3.63, 3.8) is 0 Å². The average molecular weight is 232 g/mol. The SMILES string of the molecule is CC(C)(CO)NC(=O)c1cc2ccccc2[nH]1. The van der Waals surface area contributed by atoms with Crippen LogP contribution in [0.5, 0.6) is 0 Å². The number of amides is 1. The molecule has 0 aliphatic heterocycles. The minimum atomic E-state index is -0.617. The number of aliphatic hydroxyl groups excluding tert-OH is 1. The molecule has 0 spiro atoms. The predicted octanol–water partition coefficient (Wildman–Crippen LogP) is 1.67. The van der Waals surface area contributed by atoms with Crippen LogP contribution in [0.3, 0.4) is 0 Å². The molecular weight excluding hydrogens is 216 g/mol. The molecule has 4 nitrogen and oxygen atoms in total. The first-order chi connectivity index (χ1) is 8.02. The van der Waals surface area contributed by atoms with Crippen LogP contribution in [0.1, 0.15) is 24.3 Å². The Labute approximate surface area is 99.7 Å². The van der Waals surface area contributed by atoms with E-state index in [1.165, 1.54) is 0 Å². The van der Waals surface area contributed by atoms with Gasteiger partial charge in [-0.2, -0.15) is 0 Å². The number of para-hydroxylation sites is 1. The lowest BCUT2D eigenvalue weighted by atomic mass is 10.1. The van der Waals surface area contributed by atoms with Gasteiger partial charge >= 0.3 is 0 Å². The number of nitrogens with one attached hydrogen (secondary N) is 2. The highest BCUT2D eigenvalue weighted by Gasteiger charge is 2.20. The summed E-state index contributed by atoms with van der Waals surface area (Å²) in [4.78, 5) is 15.0. The Balaban J connectivity index is 2.25. The molecule has 2 aromatic rings. The van der Waals surface area contributed by atoms with Crippen molar-refractivity contribution in [1.29, 1.82) is 0 Å². The molecule has 0 bridgehead atoms. The second-order valence-electron chi connectivity index (χ2n) is 4.77. The summed E-state index contributed by atoms with van der Waals surface area (Å²) in [5.41, 5.74) is 0.821. The maximum absolute atomic E-state index is 11.9. The number of aliphatic hydroxyl groups is 1. The van der Waals surface area contributed by atoms with Gasteiger partial charge in [0.2, 0.25) is 0 Å². The second-order valence-corrected chi connectivity index (χ2v) is 4.77. The molecule has 0 saturated heterocycles. The number of rotatable bonds is 3. The van der Waals surface area contributed by atoms with E-state index in [1.54, 1.807) is 19.9 Å². The Morgan fingerprint density at radius 3 is 2.76 bits per heavy atom. The van der Waals surface area contributed by atoms with Crippen LogP contribution in [0.25, 0.3) is 10.9 Å². The molecule has 0 radical (unpaired) electrons. The molecule has 0 aliphatic rings. The lowest BCUT2D eigenvalue weighted by molar-refractivity contribution is 0.0865. The Morgan fingerprint density at radius 2 is 2.12 bits per heavy atom. The fourth-order valence-corrected chi connectivity index (χ4v) is 1.61. The normalized spacial score (nSPS) is 11.7. The molecule has 1 aromatic carbocycles. The number of aromatic nitrogens is 1. The van der Waals surface area contributed by atoms with Crippen LogP contribution in [0.4, 0.5) is 0 Å². The standard InChI is InChI=1S/C13H16N2O2/c1-13(2,8-16)15-12(17)11-7-9-5-3-4-6-10(9)14-11/h3-7,14,16H,8H2,1-2H3,(H,15,17). The van der Waals surface area contributed by atoms with Crippen LogP contribution in [0.15, 0.2) is 30.3 Å². The topological polar surface area (TPSA) is 65.1 Å². The van der Waals surface area contributed by atoms with E-state index in [1.807, 2.05) is 24.3 Å². The zero-order valence-corrected chi connectivity index (χ0v) is 9.95. The minimum absolute atomic E-state index is 0.0982. The van der Waals surface area contributed by atoms with Gasteiger partial charge in [-0.05, 0) is 26.0 Å². The van der Waals surface area contributed by atoms with Crippen LogP contribution < -0.4 is 5.32 Å². The summed E-state index contributed by atoms with van der Waals surface area (Å²) >= 11 is 0. The lowest BCUT2D eigenvalue weighted by Crippen LogP contribution is -2.46. The fraction of sp³-hybridized carbons (Fsp3) is 0.308. The predicted molar refractivity (Wildman–Crippen MR) is 66.9 cm³/mol. The number of carbonyl (C=O) groups is 1. The van der Waals surface area contributed by atoms with Crippen molar-refractivity contribution in [2.45, 2.75) is 19.4 Å². The smallest absolute Gasteiger partial charge is 0.268 e. The third-order valence-corrected chi connectivity index (χ3v) is 2.62. The highest BCUT2D eigenvalue weighted by atomic mass is 16.3. The molecule has 0 unspecified atom stereocenters. The molecule has 1 amide bonds. The molecule has 1 heterocycles. The number of H-pyrrole nitrogens is 1. The van der Waals surface area contributed by atoms with Gasteiger partial charge in [-0.3, -0.25) is 4.79 Å². The highest BCUT2D eigenvalue weighted by Crippen LogP contribution is 2.15. The monoisotopic (exact) mass is 232 g/mol. The summed E-state index contributed by atoms with van der Waals surface area (Å²) in [6.45, 7) is 3.44. The van der Waals surface area contributed by atoms with E-state index in [9.17, 15) is 4.79 Å². The van der Waals surface area contributed by atoms with Gasteiger partial charge in [0.15, 0.2) is 0 Å². The largest absolute Gasteiger partial charge is 0.394 e. The third-order valence-electron chi connectivity index (χ3n) is 2.62. The van der Waals surface area contributed by atoms with Gasteiger partial charge in [0.25, 0.3) is 5.91 Å². The van der Waals surface area contributed by atoms with Crippen molar-refractivity contribution < 1.29 is 9.90 Å². The van der Waals surface area contributed by atoms with Gasteiger partial charge in [-0.15, -0.1) is 0 Å². The maximum atomic E-state index is 11.9. The molecule has 4 heteroatoms. The molecule has 0 saturated carbocycles. The van der Waals surface area contributed by atoms with E-state index in [0.29, 0.717) is 5.69 Å². The van der Waals surface area contributed by atoms with Crippen LogP contribution in [0, 0.1) is 0 Å². The number of aromatic amines is 1. The van der Waals surface area contributed by atoms with Crippen LogP contribution >= 0.6 is 0 Å². The molecule has 0 aliphatic carbocycles.